The van der Waals surface area contributed by atoms with Crippen molar-refractivity contribution in [1.29, 1.82) is 5.26 Å². The second kappa shape index (κ2) is 14.0. The number of nitrogens with zero attached hydrogens (tertiary/aromatic N) is 2. The van der Waals surface area contributed by atoms with Gasteiger partial charge in [0, 0.05) is 5.70 Å². The minimum absolute atomic E-state index is 0.0621. The van der Waals surface area contributed by atoms with Gasteiger partial charge >= 0.3 is 12.0 Å². The molecule has 0 aromatic heterocycles. The van der Waals surface area contributed by atoms with Crippen molar-refractivity contribution in [2.75, 3.05) is 26.9 Å². The second-order valence-electron chi connectivity index (χ2n) is 8.05. The maximum absolute atomic E-state index is 12.4. The molecule has 1 heterocycles. The number of hydrogen-bond donors (Lipinski definition) is 4. The lowest BCUT2D eigenvalue weighted by Gasteiger charge is -2.28. The number of hydrogen-bond acceptors (Lipinski definition) is 10. The number of amides is 2. The number of carbonyl (C=O) groups is 2. The number of allylic oxidation sites excluding steroid dienone is 1. The SMILES string of the molecule is CCOc1cc([C@@H]2NC(=O)NC(C)=C2C(=O)OC)ccc1OC[C@@H](O)N/N=C\c1ccc(OCC#N)c(Br)c1. The number of methoxy groups -OCH3 is 1. The molecule has 0 spiro atoms. The third-order valence-corrected chi connectivity index (χ3v) is 5.98. The average Bonchev–Trinajstić information content (AvgIpc) is 2.91. The largest absolute Gasteiger partial charge is 0.490 e. The highest BCUT2D eigenvalue weighted by Crippen LogP contribution is 2.35. The van der Waals surface area contributed by atoms with Gasteiger partial charge in [-0.1, -0.05) is 6.07 Å². The third-order valence-electron chi connectivity index (χ3n) is 5.36. The molecule has 13 heteroatoms. The molecular formula is C26H28BrN5O7. The van der Waals surface area contributed by atoms with Crippen LogP contribution in [0.1, 0.15) is 31.0 Å². The number of aliphatic hydroxyl groups excluding tert-OH is 1. The number of nitriles is 1. The Morgan fingerprint density at radius 2 is 2.00 bits per heavy atom. The van der Waals surface area contributed by atoms with Crippen LogP contribution in [0.3, 0.4) is 0 Å². The molecule has 3 rings (SSSR count). The topological polar surface area (TPSA) is 164 Å². The maximum Gasteiger partial charge on any atom is 0.337 e. The smallest absolute Gasteiger partial charge is 0.337 e. The van der Waals surface area contributed by atoms with Crippen LogP contribution in [0.15, 0.2) is 57.2 Å². The van der Waals surface area contributed by atoms with E-state index in [9.17, 15) is 14.7 Å². The molecule has 0 aliphatic carbocycles. The van der Waals surface area contributed by atoms with Crippen LogP contribution in [-0.2, 0) is 9.53 Å². The predicted octanol–water partition coefficient (Wildman–Crippen LogP) is 2.87. The van der Waals surface area contributed by atoms with Crippen LogP contribution >= 0.6 is 15.9 Å². The summed E-state index contributed by atoms with van der Waals surface area (Å²) < 4.78 is 22.3. The van der Waals surface area contributed by atoms with Gasteiger partial charge in [-0.2, -0.15) is 10.4 Å². The summed E-state index contributed by atoms with van der Waals surface area (Å²) in [6, 6.07) is 10.9. The zero-order chi connectivity index (χ0) is 28.4. The summed E-state index contributed by atoms with van der Waals surface area (Å²) in [6.07, 6.45) is 0.363. The van der Waals surface area contributed by atoms with Gasteiger partial charge in [-0.3, -0.25) is 5.43 Å². The monoisotopic (exact) mass is 601 g/mol. The number of aliphatic hydroxyl groups is 1. The summed E-state index contributed by atoms with van der Waals surface area (Å²) in [5.74, 6) is 0.668. The molecule has 2 atom stereocenters. The molecule has 2 amide bonds. The van der Waals surface area contributed by atoms with Gasteiger partial charge in [0.25, 0.3) is 0 Å². The van der Waals surface area contributed by atoms with E-state index >= 15 is 0 Å². The Kier molecular flexibility index (Phi) is 10.5. The predicted molar refractivity (Wildman–Crippen MR) is 144 cm³/mol. The van der Waals surface area contributed by atoms with Crippen molar-refractivity contribution in [2.45, 2.75) is 26.1 Å². The Labute approximate surface area is 233 Å². The lowest BCUT2D eigenvalue weighted by atomic mass is 9.95. The number of halogens is 1. The standard InChI is InChI=1S/C26H28BrN5O7/c1-4-37-21-12-17(24-23(25(34)36-3)15(2)30-26(35)31-24)6-8-20(21)39-14-22(33)32-29-13-16-5-7-19(18(27)11-16)38-10-9-28/h5-8,11-13,22,24,32-33H,4,10,14H2,1-3H3,(H2,30,31,35)/b29-13-/t22-,24+/m1/s1. The molecule has 0 bridgehead atoms. The Balaban J connectivity index is 1.66. The highest BCUT2D eigenvalue weighted by atomic mass is 79.9. The van der Waals surface area contributed by atoms with Crippen LogP contribution in [0.25, 0.3) is 0 Å². The molecule has 1 aliphatic rings. The Hall–Kier alpha value is -4.28. The van der Waals surface area contributed by atoms with Crippen molar-refractivity contribution in [3.05, 3.63) is 63.3 Å². The van der Waals surface area contributed by atoms with Crippen molar-refractivity contribution in [1.82, 2.24) is 16.1 Å². The van der Waals surface area contributed by atoms with E-state index in [1.54, 1.807) is 50.2 Å². The summed E-state index contributed by atoms with van der Waals surface area (Å²) >= 11 is 3.37. The maximum atomic E-state index is 12.4. The van der Waals surface area contributed by atoms with Gasteiger partial charge in [0.15, 0.2) is 24.3 Å². The first-order valence-corrected chi connectivity index (χ1v) is 12.6. The van der Waals surface area contributed by atoms with E-state index in [2.05, 4.69) is 37.1 Å². The molecule has 39 heavy (non-hydrogen) atoms. The zero-order valence-corrected chi connectivity index (χ0v) is 23.1. The number of nitrogens with one attached hydrogen (secondary N) is 3. The van der Waals surface area contributed by atoms with Crippen molar-refractivity contribution < 1.29 is 33.6 Å². The number of benzene rings is 2. The molecule has 1 aliphatic heterocycles. The van der Waals surface area contributed by atoms with E-state index in [1.165, 1.54) is 13.3 Å². The molecule has 0 unspecified atom stereocenters. The molecule has 2 aromatic rings. The minimum Gasteiger partial charge on any atom is -0.490 e. The zero-order valence-electron chi connectivity index (χ0n) is 21.5. The highest BCUT2D eigenvalue weighted by Gasteiger charge is 2.32. The molecule has 0 radical (unpaired) electrons. The molecule has 0 fully saturated rings. The Morgan fingerprint density at radius 3 is 2.69 bits per heavy atom. The van der Waals surface area contributed by atoms with Crippen LogP contribution in [0, 0.1) is 11.3 Å². The van der Waals surface area contributed by atoms with Crippen LogP contribution in [0.2, 0.25) is 0 Å². The molecule has 0 saturated carbocycles. The fourth-order valence-corrected chi connectivity index (χ4v) is 4.16. The summed E-state index contributed by atoms with van der Waals surface area (Å²) in [7, 11) is 1.27. The fraction of sp³-hybridized carbons (Fsp3) is 0.308. The summed E-state index contributed by atoms with van der Waals surface area (Å²) in [6.45, 7) is 3.54. The summed E-state index contributed by atoms with van der Waals surface area (Å²) in [5, 5.41) is 28.2. The normalized spacial score (nSPS) is 15.6. The van der Waals surface area contributed by atoms with Crippen molar-refractivity contribution in [2.24, 2.45) is 5.10 Å². The first kappa shape index (κ1) is 29.3. The van der Waals surface area contributed by atoms with Gasteiger partial charge in [-0.25, -0.2) is 9.59 Å². The van der Waals surface area contributed by atoms with Gasteiger partial charge in [0.1, 0.15) is 18.4 Å². The number of esters is 1. The quantitative estimate of drug-likeness (QED) is 0.124. The lowest BCUT2D eigenvalue weighted by Crippen LogP contribution is -2.45. The number of carbonyl (C=O) groups excluding carboxylic acids is 2. The van der Waals surface area contributed by atoms with Crippen molar-refractivity contribution in [3.8, 4) is 23.3 Å². The van der Waals surface area contributed by atoms with E-state index in [0.29, 0.717) is 39.6 Å². The molecular weight excluding hydrogens is 574 g/mol. The molecule has 206 valence electrons. The van der Waals surface area contributed by atoms with E-state index < -0.39 is 24.3 Å². The van der Waals surface area contributed by atoms with E-state index in [-0.39, 0.29) is 18.8 Å². The highest BCUT2D eigenvalue weighted by molar-refractivity contribution is 9.10. The summed E-state index contributed by atoms with van der Waals surface area (Å²) in [5.41, 5.74) is 4.54. The summed E-state index contributed by atoms with van der Waals surface area (Å²) in [4.78, 5) is 24.5. The Morgan fingerprint density at radius 1 is 1.23 bits per heavy atom. The third kappa shape index (κ3) is 7.86. The Bertz CT molecular complexity index is 1310. The number of ether oxygens (including phenoxy) is 4. The molecule has 2 aromatic carbocycles. The van der Waals surface area contributed by atoms with E-state index in [0.717, 1.165) is 5.56 Å². The molecule has 4 N–H and O–H groups in total. The first-order chi connectivity index (χ1) is 18.8. The number of urea groups is 1. The van der Waals surface area contributed by atoms with Gasteiger partial charge in [-0.05, 0) is 71.2 Å². The van der Waals surface area contributed by atoms with E-state index in [4.69, 9.17) is 24.2 Å². The van der Waals surface area contributed by atoms with Crippen LogP contribution < -0.4 is 30.3 Å². The van der Waals surface area contributed by atoms with Crippen LogP contribution in [0.4, 0.5) is 4.79 Å². The molecule has 12 nitrogen and oxygen atoms in total. The number of hydrazone groups is 1. The number of rotatable bonds is 12. The van der Waals surface area contributed by atoms with Gasteiger partial charge in [-0.15, -0.1) is 0 Å². The fourth-order valence-electron chi connectivity index (χ4n) is 3.64. The minimum atomic E-state index is -1.14. The first-order valence-electron chi connectivity index (χ1n) is 11.8. The van der Waals surface area contributed by atoms with Crippen LogP contribution in [-0.4, -0.2) is 56.5 Å². The lowest BCUT2D eigenvalue weighted by molar-refractivity contribution is -0.136. The van der Waals surface area contributed by atoms with Gasteiger partial charge < -0.3 is 34.7 Å². The van der Waals surface area contributed by atoms with Gasteiger partial charge in [0.05, 0.1) is 36.0 Å². The van der Waals surface area contributed by atoms with Crippen molar-refractivity contribution >= 4 is 34.1 Å². The molecule has 0 saturated heterocycles. The van der Waals surface area contributed by atoms with Crippen LogP contribution in [0.5, 0.6) is 17.2 Å². The second-order valence-corrected chi connectivity index (χ2v) is 8.91. The average molecular weight is 602 g/mol. The van der Waals surface area contributed by atoms with Gasteiger partial charge in [0.2, 0.25) is 0 Å². The van der Waals surface area contributed by atoms with E-state index in [1.807, 2.05) is 6.07 Å². The van der Waals surface area contributed by atoms with Crippen molar-refractivity contribution in [3.63, 3.8) is 0 Å².